The Bertz CT molecular complexity index is 750. The monoisotopic (exact) mass is 230 g/mol. The number of oxazole rings is 1. The fourth-order valence-electron chi connectivity index (χ4n) is 1.78. The average Bonchev–Trinajstić information content (AvgIpc) is 2.85. The van der Waals surface area contributed by atoms with Crippen LogP contribution >= 0.6 is 0 Å². The third-order valence-corrected chi connectivity index (χ3v) is 2.70. The molecular weight excluding hydrogens is 220 g/mol. The van der Waals surface area contributed by atoms with Gasteiger partial charge < -0.3 is 15.1 Å². The minimum atomic E-state index is -0.374. The van der Waals surface area contributed by atoms with Crippen LogP contribution in [-0.4, -0.2) is 14.5 Å². The number of hydrogen-bond donors (Lipinski definition) is 2. The van der Waals surface area contributed by atoms with E-state index in [1.165, 1.54) is 4.57 Å². The van der Waals surface area contributed by atoms with Gasteiger partial charge in [0.1, 0.15) is 0 Å². The first-order chi connectivity index (χ1) is 8.15. The first-order valence-electron chi connectivity index (χ1n) is 5.05. The van der Waals surface area contributed by atoms with Crippen molar-refractivity contribution in [2.45, 2.75) is 0 Å². The van der Waals surface area contributed by atoms with Gasteiger partial charge in [-0.3, -0.25) is 4.57 Å². The second kappa shape index (κ2) is 3.24. The van der Waals surface area contributed by atoms with E-state index >= 15 is 0 Å². The molecule has 1 aromatic carbocycles. The molecule has 0 saturated carbocycles. The van der Waals surface area contributed by atoms with Crippen LogP contribution in [0.25, 0.3) is 22.4 Å². The summed E-state index contributed by atoms with van der Waals surface area (Å²) in [4.78, 5) is 18.2. The second-order valence-electron chi connectivity index (χ2n) is 3.79. The van der Waals surface area contributed by atoms with E-state index in [4.69, 9.17) is 10.2 Å². The van der Waals surface area contributed by atoms with Crippen LogP contribution in [0.4, 0.5) is 5.95 Å². The van der Waals surface area contributed by atoms with E-state index in [1.807, 2.05) is 12.1 Å². The highest BCUT2D eigenvalue weighted by Gasteiger charge is 2.08. The van der Waals surface area contributed by atoms with Crippen LogP contribution < -0.4 is 11.5 Å². The smallest absolute Gasteiger partial charge is 0.408 e. The molecule has 0 amide bonds. The van der Waals surface area contributed by atoms with E-state index in [9.17, 15) is 4.79 Å². The van der Waals surface area contributed by atoms with Crippen LogP contribution in [-0.2, 0) is 7.05 Å². The molecule has 0 radical (unpaired) electrons. The van der Waals surface area contributed by atoms with Gasteiger partial charge in [-0.25, -0.2) is 9.78 Å². The summed E-state index contributed by atoms with van der Waals surface area (Å²) in [5.74, 6) is -0.0116. The van der Waals surface area contributed by atoms with Crippen molar-refractivity contribution in [2.24, 2.45) is 7.05 Å². The van der Waals surface area contributed by atoms with Gasteiger partial charge in [0.25, 0.3) is 0 Å². The van der Waals surface area contributed by atoms with Crippen LogP contribution in [0, 0.1) is 0 Å². The molecule has 0 bridgehead atoms. The molecular formula is C11H10N4O2. The Morgan fingerprint density at radius 2 is 2.29 bits per heavy atom. The van der Waals surface area contributed by atoms with Gasteiger partial charge in [-0.05, 0) is 18.2 Å². The highest BCUT2D eigenvalue weighted by atomic mass is 16.4. The molecule has 0 fully saturated rings. The molecule has 3 N–H and O–H groups in total. The van der Waals surface area contributed by atoms with Crippen molar-refractivity contribution in [1.29, 1.82) is 0 Å². The number of hydrogen-bond acceptors (Lipinski definition) is 4. The number of anilines is 1. The molecule has 0 aliphatic rings. The van der Waals surface area contributed by atoms with Crippen LogP contribution in [0.2, 0.25) is 0 Å². The maximum Gasteiger partial charge on any atom is 0.419 e. The van der Waals surface area contributed by atoms with Gasteiger partial charge >= 0.3 is 5.76 Å². The number of aryl methyl sites for hydroxylation is 1. The van der Waals surface area contributed by atoms with Crippen LogP contribution in [0.15, 0.2) is 33.6 Å². The maximum absolute atomic E-state index is 11.3. The van der Waals surface area contributed by atoms with E-state index in [2.05, 4.69) is 9.97 Å². The van der Waals surface area contributed by atoms with Gasteiger partial charge in [0.15, 0.2) is 11.5 Å². The third-order valence-electron chi connectivity index (χ3n) is 2.70. The molecule has 0 aliphatic heterocycles. The van der Waals surface area contributed by atoms with Gasteiger partial charge in [0, 0.05) is 12.6 Å². The second-order valence-corrected chi connectivity index (χ2v) is 3.79. The van der Waals surface area contributed by atoms with Crippen molar-refractivity contribution in [3.63, 3.8) is 0 Å². The molecule has 0 saturated heterocycles. The minimum absolute atomic E-state index is 0.362. The lowest BCUT2D eigenvalue weighted by atomic mass is 10.1. The van der Waals surface area contributed by atoms with E-state index in [0.717, 1.165) is 16.8 Å². The topological polar surface area (TPSA) is 89.8 Å². The summed E-state index contributed by atoms with van der Waals surface area (Å²) in [7, 11) is 1.67. The first-order valence-corrected chi connectivity index (χ1v) is 5.05. The molecule has 0 aliphatic carbocycles. The van der Waals surface area contributed by atoms with Crippen molar-refractivity contribution in [2.75, 3.05) is 5.73 Å². The lowest BCUT2D eigenvalue weighted by Crippen LogP contribution is -2.08. The summed E-state index contributed by atoms with van der Waals surface area (Å²) in [5.41, 5.74) is 8.53. The molecule has 17 heavy (non-hydrogen) atoms. The fourth-order valence-corrected chi connectivity index (χ4v) is 1.78. The zero-order valence-electron chi connectivity index (χ0n) is 9.10. The van der Waals surface area contributed by atoms with E-state index < -0.39 is 0 Å². The van der Waals surface area contributed by atoms with Gasteiger partial charge in [0.05, 0.1) is 17.4 Å². The Kier molecular flexibility index (Phi) is 1.85. The third kappa shape index (κ3) is 1.42. The molecule has 6 heteroatoms. The summed E-state index contributed by atoms with van der Waals surface area (Å²) < 4.78 is 6.51. The number of nitrogens with zero attached hydrogens (tertiary/aromatic N) is 2. The number of imidazole rings is 1. The first kappa shape index (κ1) is 9.71. The number of benzene rings is 1. The molecule has 3 aromatic rings. The highest BCUT2D eigenvalue weighted by molar-refractivity contribution is 5.79. The number of nitrogen functional groups attached to an aromatic ring is 1. The number of H-pyrrole nitrogens is 1. The number of aromatic amines is 1. The largest absolute Gasteiger partial charge is 0.419 e. The van der Waals surface area contributed by atoms with Gasteiger partial charge in [-0.1, -0.05) is 0 Å². The van der Waals surface area contributed by atoms with Gasteiger partial charge in [0.2, 0.25) is 0 Å². The molecule has 0 spiro atoms. The minimum Gasteiger partial charge on any atom is -0.408 e. The number of nitrogens with one attached hydrogen (secondary N) is 1. The number of rotatable bonds is 1. The van der Waals surface area contributed by atoms with E-state index in [-0.39, 0.29) is 5.76 Å². The molecule has 6 nitrogen and oxygen atoms in total. The zero-order chi connectivity index (χ0) is 12.0. The van der Waals surface area contributed by atoms with E-state index in [1.54, 1.807) is 19.3 Å². The summed E-state index contributed by atoms with van der Waals surface area (Å²) in [6.45, 7) is 0. The van der Waals surface area contributed by atoms with Crippen molar-refractivity contribution >= 4 is 17.0 Å². The number of nitrogens with two attached hydrogens (primary N) is 1. The maximum atomic E-state index is 11.3. The fraction of sp³-hybridized carbons (Fsp3) is 0.0909. The lowest BCUT2D eigenvalue weighted by molar-refractivity contribution is 0.528. The Morgan fingerprint density at radius 3 is 3.00 bits per heavy atom. The van der Waals surface area contributed by atoms with Crippen molar-refractivity contribution in [1.82, 2.24) is 14.5 Å². The molecule has 86 valence electrons. The molecule has 0 unspecified atom stereocenters. The molecule has 3 rings (SSSR count). The summed E-state index contributed by atoms with van der Waals surface area (Å²) in [6.07, 6.45) is 1.65. The molecule has 2 aromatic heterocycles. The Hall–Kier alpha value is -2.50. The standard InChI is InChI=1S/C11H10N4O2/c1-15-8-4-6(7-5-13-10(12)14-7)2-3-9(8)17-11(15)16/h2-5H,1H3,(H3,12,13,14). The molecule has 0 atom stereocenters. The summed E-state index contributed by atoms with van der Waals surface area (Å²) in [6, 6.07) is 5.45. The van der Waals surface area contributed by atoms with Crippen LogP contribution in [0.1, 0.15) is 0 Å². The summed E-state index contributed by atoms with van der Waals surface area (Å²) >= 11 is 0. The van der Waals surface area contributed by atoms with Crippen molar-refractivity contribution in [3.05, 3.63) is 34.9 Å². The zero-order valence-corrected chi connectivity index (χ0v) is 9.10. The Balaban J connectivity index is 2.25. The quantitative estimate of drug-likeness (QED) is 0.655. The number of aromatic nitrogens is 3. The predicted molar refractivity (Wildman–Crippen MR) is 63.4 cm³/mol. The van der Waals surface area contributed by atoms with Crippen LogP contribution in [0.5, 0.6) is 0 Å². The van der Waals surface area contributed by atoms with Crippen molar-refractivity contribution in [3.8, 4) is 11.3 Å². The van der Waals surface area contributed by atoms with Crippen molar-refractivity contribution < 1.29 is 4.42 Å². The number of fused-ring (bicyclic) bond motifs is 1. The Morgan fingerprint density at radius 1 is 1.47 bits per heavy atom. The van der Waals surface area contributed by atoms with Gasteiger partial charge in [-0.15, -0.1) is 0 Å². The summed E-state index contributed by atoms with van der Waals surface area (Å²) in [5, 5.41) is 0. The predicted octanol–water partition coefficient (Wildman–Crippen LogP) is 1.10. The van der Waals surface area contributed by atoms with Crippen LogP contribution in [0.3, 0.4) is 0 Å². The van der Waals surface area contributed by atoms with E-state index in [0.29, 0.717) is 11.5 Å². The SMILES string of the molecule is Cn1c(=O)oc2ccc(-c3cnc(N)[nH]3)cc21. The lowest BCUT2D eigenvalue weighted by Gasteiger charge is -1.97. The Labute approximate surface area is 95.7 Å². The van der Waals surface area contributed by atoms with Gasteiger partial charge in [-0.2, -0.15) is 0 Å². The molecule has 2 heterocycles. The normalized spacial score (nSPS) is 11.1. The average molecular weight is 230 g/mol. The highest BCUT2D eigenvalue weighted by Crippen LogP contribution is 2.22.